The lowest BCUT2D eigenvalue weighted by atomic mass is 10.0. The van der Waals surface area contributed by atoms with Crippen molar-refractivity contribution >= 4 is 38.2 Å². The Morgan fingerprint density at radius 2 is 1.70 bits per heavy atom. The van der Waals surface area contributed by atoms with Crippen molar-refractivity contribution in [2.45, 2.75) is 11.1 Å². The molecule has 0 aliphatic carbocycles. The van der Waals surface area contributed by atoms with Crippen LogP contribution >= 0.6 is 0 Å². The topological polar surface area (TPSA) is 146 Å². The number of hydrogen-bond acceptors (Lipinski definition) is 6. The van der Waals surface area contributed by atoms with Crippen LogP contribution in [-0.2, 0) is 16.2 Å². The molecule has 0 saturated heterocycles. The van der Waals surface area contributed by atoms with Crippen molar-refractivity contribution in [3.8, 4) is 16.8 Å². The Morgan fingerprint density at radius 1 is 0.950 bits per heavy atom. The van der Waals surface area contributed by atoms with Gasteiger partial charge in [-0.3, -0.25) is 4.79 Å². The van der Waals surface area contributed by atoms with Crippen molar-refractivity contribution in [1.82, 2.24) is 14.8 Å². The quantitative estimate of drug-likeness (QED) is 0.261. The number of pyridine rings is 1. The smallest absolute Gasteiger partial charge is 0.383 e. The molecule has 0 aliphatic rings. The largest absolute Gasteiger partial charge is 0.435 e. The molecule has 0 bridgehead atoms. The molecule has 0 spiro atoms. The number of nitrogen functional groups attached to an aromatic ring is 1. The van der Waals surface area contributed by atoms with Crippen LogP contribution in [0, 0.1) is 5.82 Å². The van der Waals surface area contributed by atoms with Gasteiger partial charge >= 0.3 is 6.18 Å². The second kappa shape index (κ2) is 9.73. The van der Waals surface area contributed by atoms with Crippen LogP contribution in [0.25, 0.3) is 27.6 Å². The van der Waals surface area contributed by atoms with Gasteiger partial charge < -0.3 is 11.1 Å². The Hall–Kier alpha value is -4.82. The number of carbonyl (C=O) groups excluding carboxylic acids is 1. The highest BCUT2D eigenvalue weighted by Crippen LogP contribution is 2.32. The van der Waals surface area contributed by atoms with Crippen LogP contribution in [0.3, 0.4) is 0 Å². The number of benzene rings is 3. The van der Waals surface area contributed by atoms with Crippen LogP contribution in [0.5, 0.6) is 0 Å². The first-order chi connectivity index (χ1) is 18.8. The van der Waals surface area contributed by atoms with Gasteiger partial charge in [-0.05, 0) is 47.9 Å². The van der Waals surface area contributed by atoms with E-state index in [-0.39, 0.29) is 33.2 Å². The number of anilines is 2. The van der Waals surface area contributed by atoms with E-state index in [2.05, 4.69) is 15.4 Å². The Bertz CT molecular complexity index is 1900. The molecule has 5 aromatic rings. The van der Waals surface area contributed by atoms with Crippen LogP contribution in [0.15, 0.2) is 83.9 Å². The summed E-state index contributed by atoms with van der Waals surface area (Å²) in [6, 6.07) is 15.6. The Labute approximate surface area is 224 Å². The molecule has 9 nitrogen and oxygen atoms in total. The fourth-order valence-corrected chi connectivity index (χ4v) is 4.89. The van der Waals surface area contributed by atoms with Crippen LogP contribution in [0.4, 0.5) is 29.1 Å². The molecule has 2 heterocycles. The number of rotatable bonds is 5. The number of nitrogens with two attached hydrogens (primary N) is 2. The molecule has 204 valence electrons. The number of carbonyl (C=O) groups is 1. The van der Waals surface area contributed by atoms with Crippen LogP contribution in [0.2, 0.25) is 0 Å². The van der Waals surface area contributed by atoms with Gasteiger partial charge in [0.05, 0.1) is 10.6 Å². The van der Waals surface area contributed by atoms with Gasteiger partial charge in [-0.2, -0.15) is 18.3 Å². The lowest BCUT2D eigenvalue weighted by Crippen LogP contribution is -2.17. The Morgan fingerprint density at radius 3 is 2.40 bits per heavy atom. The second-order valence-electron chi connectivity index (χ2n) is 8.62. The third-order valence-electron chi connectivity index (χ3n) is 5.97. The maximum Gasteiger partial charge on any atom is 0.435 e. The van der Waals surface area contributed by atoms with Gasteiger partial charge in [0.1, 0.15) is 17.3 Å². The molecule has 40 heavy (non-hydrogen) atoms. The SMILES string of the molecule is Nc1nccc2ccc(-n3nc(C(F)(F)F)cc3C(=O)Nc3ccc(-c4ccccc4S(N)(=O)=O)c(F)c3)cc12. The van der Waals surface area contributed by atoms with E-state index in [0.717, 1.165) is 10.7 Å². The lowest BCUT2D eigenvalue weighted by molar-refractivity contribution is -0.141. The minimum absolute atomic E-state index is 0.00154. The summed E-state index contributed by atoms with van der Waals surface area (Å²) in [6.07, 6.45) is -3.38. The summed E-state index contributed by atoms with van der Waals surface area (Å²) < 4.78 is 80.3. The average Bonchev–Trinajstić information content (AvgIpc) is 3.35. The van der Waals surface area contributed by atoms with Gasteiger partial charge in [-0.1, -0.05) is 24.3 Å². The molecule has 5 N–H and O–H groups in total. The van der Waals surface area contributed by atoms with Crippen LogP contribution in [0.1, 0.15) is 16.2 Å². The second-order valence-corrected chi connectivity index (χ2v) is 10.1. The van der Waals surface area contributed by atoms with E-state index in [1.54, 1.807) is 12.1 Å². The normalized spacial score (nSPS) is 12.0. The molecule has 0 fully saturated rings. The van der Waals surface area contributed by atoms with Crippen molar-refractivity contribution in [1.29, 1.82) is 0 Å². The molecule has 3 aromatic carbocycles. The van der Waals surface area contributed by atoms with Gasteiger partial charge in [0.15, 0.2) is 5.69 Å². The zero-order chi connectivity index (χ0) is 28.8. The molecule has 0 saturated carbocycles. The maximum atomic E-state index is 15.1. The van der Waals surface area contributed by atoms with Crippen molar-refractivity contribution < 1.29 is 30.8 Å². The molecule has 14 heteroatoms. The highest BCUT2D eigenvalue weighted by atomic mass is 32.2. The summed E-state index contributed by atoms with van der Waals surface area (Å²) in [5.41, 5.74) is 3.98. The maximum absolute atomic E-state index is 15.1. The molecule has 0 aliphatic heterocycles. The summed E-state index contributed by atoms with van der Waals surface area (Å²) in [5.74, 6) is -1.79. The van der Waals surface area contributed by atoms with E-state index < -0.39 is 39.3 Å². The molecule has 0 atom stereocenters. The summed E-state index contributed by atoms with van der Waals surface area (Å²) >= 11 is 0. The monoisotopic (exact) mass is 570 g/mol. The molecular weight excluding hydrogens is 552 g/mol. The highest BCUT2D eigenvalue weighted by molar-refractivity contribution is 7.89. The highest BCUT2D eigenvalue weighted by Gasteiger charge is 2.36. The fraction of sp³-hybridized carbons (Fsp3) is 0.0385. The average molecular weight is 571 g/mol. The van der Waals surface area contributed by atoms with E-state index >= 15 is 4.39 Å². The number of halogens is 4. The number of nitrogens with one attached hydrogen (secondary N) is 1. The third kappa shape index (κ3) is 5.09. The third-order valence-corrected chi connectivity index (χ3v) is 6.94. The van der Waals surface area contributed by atoms with Gasteiger partial charge in [-0.25, -0.2) is 27.6 Å². The number of sulfonamides is 1. The van der Waals surface area contributed by atoms with Gasteiger partial charge in [0.25, 0.3) is 5.91 Å². The predicted octanol–water partition coefficient (Wildman–Crippen LogP) is 4.73. The van der Waals surface area contributed by atoms with E-state index in [1.165, 1.54) is 54.7 Å². The van der Waals surface area contributed by atoms with Crippen molar-refractivity contribution in [2.75, 3.05) is 11.1 Å². The molecule has 0 radical (unpaired) electrons. The lowest BCUT2D eigenvalue weighted by Gasteiger charge is -2.12. The summed E-state index contributed by atoms with van der Waals surface area (Å²) in [4.78, 5) is 16.8. The van der Waals surface area contributed by atoms with Crippen molar-refractivity contribution in [3.63, 3.8) is 0 Å². The van der Waals surface area contributed by atoms with Gasteiger partial charge in [0, 0.05) is 34.5 Å². The first-order valence-corrected chi connectivity index (χ1v) is 12.9. The van der Waals surface area contributed by atoms with E-state index in [9.17, 15) is 26.4 Å². The number of alkyl halides is 3. The standard InChI is InChI=1S/C26H18F4N6O3S/c27-20-11-15(6-8-17(20)18-3-1-2-4-22(18)40(32,38)39)34-25(37)21-13-23(26(28,29)30)35-36(21)16-7-5-14-9-10-33-24(31)19(14)12-16/h1-13H,(H2,31,33)(H,34,37)(H2,32,38,39). The summed E-state index contributed by atoms with van der Waals surface area (Å²) in [7, 11) is -4.17. The van der Waals surface area contributed by atoms with Crippen LogP contribution in [-0.4, -0.2) is 29.1 Å². The van der Waals surface area contributed by atoms with E-state index in [1.807, 2.05) is 0 Å². The van der Waals surface area contributed by atoms with Crippen LogP contribution < -0.4 is 16.2 Å². The number of aromatic nitrogens is 3. The summed E-state index contributed by atoms with van der Waals surface area (Å²) in [6.45, 7) is 0. The zero-order valence-electron chi connectivity index (χ0n) is 20.1. The van der Waals surface area contributed by atoms with Crippen molar-refractivity contribution in [2.24, 2.45) is 5.14 Å². The van der Waals surface area contributed by atoms with E-state index in [4.69, 9.17) is 10.9 Å². The molecule has 5 rings (SSSR count). The minimum Gasteiger partial charge on any atom is -0.383 e. The molecule has 0 unspecified atom stereocenters. The number of amides is 1. The first kappa shape index (κ1) is 26.8. The molecule has 2 aromatic heterocycles. The van der Waals surface area contributed by atoms with E-state index in [0.29, 0.717) is 16.8 Å². The predicted molar refractivity (Wildman–Crippen MR) is 139 cm³/mol. The van der Waals surface area contributed by atoms with Gasteiger partial charge in [0.2, 0.25) is 10.0 Å². The number of nitrogens with zero attached hydrogens (tertiary/aromatic N) is 3. The zero-order valence-corrected chi connectivity index (χ0v) is 21.0. The number of hydrogen-bond donors (Lipinski definition) is 3. The van der Waals surface area contributed by atoms with Gasteiger partial charge in [-0.15, -0.1) is 0 Å². The fourth-order valence-electron chi connectivity index (χ4n) is 4.13. The first-order valence-electron chi connectivity index (χ1n) is 11.4. The number of fused-ring (bicyclic) bond motifs is 1. The van der Waals surface area contributed by atoms with Crippen molar-refractivity contribution in [3.05, 3.63) is 96.2 Å². The Balaban J connectivity index is 1.52. The molecular formula is C26H18F4N6O3S. The Kier molecular flexibility index (Phi) is 6.51. The molecule has 1 amide bonds. The minimum atomic E-state index is -4.86. The summed E-state index contributed by atoms with van der Waals surface area (Å²) in [5, 5.41) is 12.3. The number of primary sulfonamides is 1.